The molecule has 0 spiro atoms. The first-order chi connectivity index (χ1) is 7.76. The predicted molar refractivity (Wildman–Crippen MR) is 71.6 cm³/mol. The SMILES string of the molecule is C=CCCC(=O)C(=CCCCCC)CCC. The van der Waals surface area contributed by atoms with Crippen molar-refractivity contribution in [2.45, 2.75) is 65.2 Å². The molecule has 0 amide bonds. The zero-order valence-corrected chi connectivity index (χ0v) is 10.9. The standard InChI is InChI=1S/C15H26O/c1-4-7-9-10-12-14(11-6-3)15(16)13-8-5-2/h5,12H,2,4,6-11,13H2,1,3H3. The minimum absolute atomic E-state index is 0.318. The van der Waals surface area contributed by atoms with Crippen LogP contribution in [0.2, 0.25) is 0 Å². The average Bonchev–Trinajstić information content (AvgIpc) is 2.30. The second-order valence-electron chi connectivity index (χ2n) is 4.23. The lowest BCUT2D eigenvalue weighted by molar-refractivity contribution is -0.115. The van der Waals surface area contributed by atoms with Crippen LogP contribution in [0.15, 0.2) is 24.3 Å². The zero-order chi connectivity index (χ0) is 12.2. The van der Waals surface area contributed by atoms with Crippen molar-refractivity contribution >= 4 is 5.78 Å². The van der Waals surface area contributed by atoms with Gasteiger partial charge in [0.15, 0.2) is 5.78 Å². The van der Waals surface area contributed by atoms with Crippen molar-refractivity contribution in [3.63, 3.8) is 0 Å². The number of unbranched alkanes of at least 4 members (excludes halogenated alkanes) is 3. The molecule has 0 N–H and O–H groups in total. The molecule has 0 atom stereocenters. The number of Topliss-reactive ketones (excluding diaryl/α,β-unsaturated/α-hetero) is 1. The maximum atomic E-state index is 11.8. The molecular formula is C15H26O. The Kier molecular flexibility index (Phi) is 10.1. The molecule has 0 unspecified atom stereocenters. The first-order valence-corrected chi connectivity index (χ1v) is 6.59. The molecule has 0 heterocycles. The van der Waals surface area contributed by atoms with Crippen molar-refractivity contribution < 1.29 is 4.79 Å². The van der Waals surface area contributed by atoms with Crippen molar-refractivity contribution in [2.24, 2.45) is 0 Å². The maximum Gasteiger partial charge on any atom is 0.158 e. The molecule has 16 heavy (non-hydrogen) atoms. The zero-order valence-electron chi connectivity index (χ0n) is 10.9. The van der Waals surface area contributed by atoms with E-state index in [1.807, 2.05) is 6.08 Å². The molecular weight excluding hydrogens is 196 g/mol. The Labute approximate surface area is 101 Å². The molecule has 0 fully saturated rings. The monoisotopic (exact) mass is 222 g/mol. The molecule has 0 saturated heterocycles. The van der Waals surface area contributed by atoms with Gasteiger partial charge in [-0.25, -0.2) is 0 Å². The van der Waals surface area contributed by atoms with Gasteiger partial charge < -0.3 is 0 Å². The van der Waals surface area contributed by atoms with E-state index in [-0.39, 0.29) is 0 Å². The highest BCUT2D eigenvalue weighted by atomic mass is 16.1. The fourth-order valence-electron chi connectivity index (χ4n) is 1.69. The Balaban J connectivity index is 4.11. The van der Waals surface area contributed by atoms with E-state index in [9.17, 15) is 4.79 Å². The summed E-state index contributed by atoms with van der Waals surface area (Å²) in [4.78, 5) is 11.8. The van der Waals surface area contributed by atoms with Crippen molar-refractivity contribution in [3.05, 3.63) is 24.3 Å². The van der Waals surface area contributed by atoms with Crippen LogP contribution in [-0.2, 0) is 4.79 Å². The summed E-state index contributed by atoms with van der Waals surface area (Å²) in [6, 6.07) is 0. The molecule has 0 aromatic rings. The molecule has 1 heteroatoms. The van der Waals surface area contributed by atoms with E-state index >= 15 is 0 Å². The van der Waals surface area contributed by atoms with E-state index < -0.39 is 0 Å². The summed E-state index contributed by atoms with van der Waals surface area (Å²) in [6.07, 6.45) is 12.2. The van der Waals surface area contributed by atoms with Gasteiger partial charge in [0.05, 0.1) is 0 Å². The lowest BCUT2D eigenvalue weighted by Gasteiger charge is -2.04. The topological polar surface area (TPSA) is 17.1 Å². The third kappa shape index (κ3) is 7.44. The highest BCUT2D eigenvalue weighted by Crippen LogP contribution is 2.13. The Morgan fingerprint density at radius 3 is 2.38 bits per heavy atom. The Morgan fingerprint density at radius 2 is 1.81 bits per heavy atom. The number of allylic oxidation sites excluding steroid dienone is 3. The molecule has 0 aliphatic carbocycles. The van der Waals surface area contributed by atoms with E-state index in [0.29, 0.717) is 12.2 Å². The summed E-state index contributed by atoms with van der Waals surface area (Å²) in [5, 5.41) is 0. The summed E-state index contributed by atoms with van der Waals surface area (Å²) in [5.74, 6) is 0.318. The first kappa shape index (κ1) is 15.2. The van der Waals surface area contributed by atoms with Gasteiger partial charge in [-0.2, -0.15) is 0 Å². The molecule has 0 bridgehead atoms. The van der Waals surface area contributed by atoms with Crippen LogP contribution < -0.4 is 0 Å². The lowest BCUT2D eigenvalue weighted by atomic mass is 10.0. The summed E-state index contributed by atoms with van der Waals surface area (Å²) >= 11 is 0. The quantitative estimate of drug-likeness (QED) is 0.294. The van der Waals surface area contributed by atoms with Crippen molar-refractivity contribution in [1.29, 1.82) is 0 Å². The van der Waals surface area contributed by atoms with Gasteiger partial charge >= 0.3 is 0 Å². The van der Waals surface area contributed by atoms with E-state index in [0.717, 1.165) is 31.3 Å². The fraction of sp³-hybridized carbons (Fsp3) is 0.667. The van der Waals surface area contributed by atoms with Gasteiger partial charge in [-0.15, -0.1) is 6.58 Å². The van der Waals surface area contributed by atoms with Crippen molar-refractivity contribution in [3.8, 4) is 0 Å². The Morgan fingerprint density at radius 1 is 1.06 bits per heavy atom. The highest BCUT2D eigenvalue weighted by Gasteiger charge is 2.06. The van der Waals surface area contributed by atoms with Gasteiger partial charge in [-0.05, 0) is 31.3 Å². The minimum Gasteiger partial charge on any atom is -0.295 e. The van der Waals surface area contributed by atoms with Gasteiger partial charge in [0.1, 0.15) is 0 Å². The molecule has 0 aromatic heterocycles. The third-order valence-electron chi connectivity index (χ3n) is 2.65. The van der Waals surface area contributed by atoms with Crippen LogP contribution in [0, 0.1) is 0 Å². The molecule has 0 radical (unpaired) electrons. The molecule has 92 valence electrons. The minimum atomic E-state index is 0.318. The van der Waals surface area contributed by atoms with Crippen molar-refractivity contribution in [1.82, 2.24) is 0 Å². The summed E-state index contributed by atoms with van der Waals surface area (Å²) < 4.78 is 0. The smallest absolute Gasteiger partial charge is 0.158 e. The second kappa shape index (κ2) is 10.7. The van der Waals surface area contributed by atoms with Gasteiger partial charge in [0, 0.05) is 6.42 Å². The molecule has 0 aromatic carbocycles. The van der Waals surface area contributed by atoms with Crippen LogP contribution in [0.3, 0.4) is 0 Å². The number of ketones is 1. The van der Waals surface area contributed by atoms with Gasteiger partial charge in [0.2, 0.25) is 0 Å². The number of hydrogen-bond acceptors (Lipinski definition) is 1. The molecule has 1 nitrogen and oxygen atoms in total. The summed E-state index contributed by atoms with van der Waals surface area (Å²) in [5.41, 5.74) is 1.04. The number of carbonyl (C=O) groups excluding carboxylic acids is 1. The van der Waals surface area contributed by atoms with E-state index in [4.69, 9.17) is 0 Å². The molecule has 0 aliphatic heterocycles. The average molecular weight is 222 g/mol. The number of carbonyl (C=O) groups is 1. The molecule has 0 aliphatic rings. The van der Waals surface area contributed by atoms with Crippen molar-refractivity contribution in [2.75, 3.05) is 0 Å². The second-order valence-corrected chi connectivity index (χ2v) is 4.23. The Bertz CT molecular complexity index is 226. The van der Waals surface area contributed by atoms with Crippen LogP contribution in [0.5, 0.6) is 0 Å². The highest BCUT2D eigenvalue weighted by molar-refractivity contribution is 5.95. The van der Waals surface area contributed by atoms with Gasteiger partial charge in [0.25, 0.3) is 0 Å². The number of hydrogen-bond donors (Lipinski definition) is 0. The van der Waals surface area contributed by atoms with Crippen LogP contribution in [0.4, 0.5) is 0 Å². The lowest BCUT2D eigenvalue weighted by Crippen LogP contribution is -2.02. The first-order valence-electron chi connectivity index (χ1n) is 6.59. The molecule has 0 saturated carbocycles. The third-order valence-corrected chi connectivity index (χ3v) is 2.65. The predicted octanol–water partition coefficient (Wildman–Crippen LogP) is 4.83. The fourth-order valence-corrected chi connectivity index (χ4v) is 1.69. The van der Waals surface area contributed by atoms with Crippen LogP contribution in [0.25, 0.3) is 0 Å². The largest absolute Gasteiger partial charge is 0.295 e. The number of rotatable bonds is 10. The summed E-state index contributed by atoms with van der Waals surface area (Å²) in [7, 11) is 0. The molecule has 0 rings (SSSR count). The van der Waals surface area contributed by atoms with E-state index in [1.54, 1.807) is 0 Å². The van der Waals surface area contributed by atoms with Crippen LogP contribution in [0.1, 0.15) is 65.2 Å². The maximum absolute atomic E-state index is 11.8. The van der Waals surface area contributed by atoms with Gasteiger partial charge in [-0.1, -0.05) is 45.3 Å². The van der Waals surface area contributed by atoms with E-state index in [2.05, 4.69) is 26.5 Å². The van der Waals surface area contributed by atoms with Gasteiger partial charge in [-0.3, -0.25) is 4.79 Å². The van der Waals surface area contributed by atoms with Crippen LogP contribution >= 0.6 is 0 Å². The van der Waals surface area contributed by atoms with E-state index in [1.165, 1.54) is 19.3 Å². The summed E-state index contributed by atoms with van der Waals surface area (Å²) in [6.45, 7) is 7.98. The van der Waals surface area contributed by atoms with Crippen LogP contribution in [-0.4, -0.2) is 5.78 Å². The normalized spacial score (nSPS) is 11.5. The Hall–Kier alpha value is -0.850.